The molecule has 0 radical (unpaired) electrons. The van der Waals surface area contributed by atoms with Crippen LogP contribution in [0.2, 0.25) is 0 Å². The molecule has 4 rings (SSSR count). The molecule has 25 heavy (non-hydrogen) atoms. The number of thiazole rings is 1. The van der Waals surface area contributed by atoms with Gasteiger partial charge < -0.3 is 5.32 Å². The molecular formula is C17H20N6OS. The number of aromatic nitrogens is 4. The number of nitriles is 1. The first kappa shape index (κ1) is 16.2. The standard InChI is InChI=1S/C17H20N6OS/c18-10-17(6-7-17)23-8-13(21-22-23)15(12-4-2-1-3-5-12)20-16(24)14-9-25-11-19-14/h8-9,11-12,15H,1-7H2,(H,20,24)/t15-/m1/s1. The molecule has 2 aromatic heterocycles. The average molecular weight is 356 g/mol. The summed E-state index contributed by atoms with van der Waals surface area (Å²) >= 11 is 1.41. The first-order chi connectivity index (χ1) is 12.2. The van der Waals surface area contributed by atoms with E-state index < -0.39 is 5.54 Å². The second-order valence-electron chi connectivity index (χ2n) is 6.95. The fourth-order valence-electron chi connectivity index (χ4n) is 3.58. The number of rotatable bonds is 5. The van der Waals surface area contributed by atoms with E-state index in [0.717, 1.165) is 31.4 Å². The maximum Gasteiger partial charge on any atom is 0.271 e. The minimum atomic E-state index is -0.527. The minimum Gasteiger partial charge on any atom is -0.342 e. The van der Waals surface area contributed by atoms with Crippen LogP contribution in [0.3, 0.4) is 0 Å². The van der Waals surface area contributed by atoms with Crippen molar-refractivity contribution in [2.24, 2.45) is 5.92 Å². The van der Waals surface area contributed by atoms with Crippen molar-refractivity contribution in [1.29, 1.82) is 5.26 Å². The predicted molar refractivity (Wildman–Crippen MR) is 91.7 cm³/mol. The third-order valence-corrected chi connectivity index (χ3v) is 5.86. The third-order valence-electron chi connectivity index (χ3n) is 5.27. The molecule has 2 aromatic rings. The van der Waals surface area contributed by atoms with Gasteiger partial charge in [-0.05, 0) is 31.6 Å². The van der Waals surface area contributed by atoms with Crippen LogP contribution in [0, 0.1) is 17.2 Å². The Morgan fingerprint density at radius 1 is 1.40 bits per heavy atom. The lowest BCUT2D eigenvalue weighted by Crippen LogP contribution is -2.35. The van der Waals surface area contributed by atoms with Gasteiger partial charge in [-0.15, -0.1) is 16.4 Å². The van der Waals surface area contributed by atoms with Gasteiger partial charge in [-0.2, -0.15) is 5.26 Å². The minimum absolute atomic E-state index is 0.173. The molecule has 0 saturated heterocycles. The fraction of sp³-hybridized carbons (Fsp3) is 0.588. The SMILES string of the molecule is N#CC1(n2cc([C@H](NC(=O)c3cscn3)C3CCCCC3)nn2)CC1. The van der Waals surface area contributed by atoms with Crippen LogP contribution in [-0.2, 0) is 5.54 Å². The summed E-state index contributed by atoms with van der Waals surface area (Å²) in [6, 6.07) is 2.15. The lowest BCUT2D eigenvalue weighted by Gasteiger charge is -2.29. The van der Waals surface area contributed by atoms with E-state index in [1.165, 1.54) is 30.6 Å². The van der Waals surface area contributed by atoms with Crippen LogP contribution in [0.5, 0.6) is 0 Å². The number of hydrogen-bond donors (Lipinski definition) is 1. The summed E-state index contributed by atoms with van der Waals surface area (Å²) in [6.07, 6.45) is 9.19. The maximum atomic E-state index is 12.5. The van der Waals surface area contributed by atoms with Crippen molar-refractivity contribution in [2.75, 3.05) is 0 Å². The van der Waals surface area contributed by atoms with E-state index in [1.54, 1.807) is 15.6 Å². The Balaban J connectivity index is 1.59. The van der Waals surface area contributed by atoms with Crippen molar-refractivity contribution in [1.82, 2.24) is 25.3 Å². The molecule has 2 heterocycles. The number of hydrogen-bond acceptors (Lipinski definition) is 6. The van der Waals surface area contributed by atoms with Crippen LogP contribution in [-0.4, -0.2) is 25.9 Å². The molecule has 0 spiro atoms. The predicted octanol–water partition coefficient (Wildman–Crippen LogP) is 2.80. The molecule has 7 nitrogen and oxygen atoms in total. The van der Waals surface area contributed by atoms with Crippen LogP contribution in [0.25, 0.3) is 0 Å². The van der Waals surface area contributed by atoms with Crippen LogP contribution in [0.1, 0.15) is 67.2 Å². The highest BCUT2D eigenvalue weighted by Gasteiger charge is 2.47. The molecule has 1 amide bonds. The highest BCUT2D eigenvalue weighted by Crippen LogP contribution is 2.42. The molecule has 0 aliphatic heterocycles. The summed E-state index contributed by atoms with van der Waals surface area (Å²) in [5.41, 5.74) is 2.32. The van der Waals surface area contributed by atoms with Crippen molar-refractivity contribution >= 4 is 17.2 Å². The molecular weight excluding hydrogens is 336 g/mol. The first-order valence-electron chi connectivity index (χ1n) is 8.75. The number of amides is 1. The largest absolute Gasteiger partial charge is 0.342 e. The fourth-order valence-corrected chi connectivity index (χ4v) is 4.11. The summed E-state index contributed by atoms with van der Waals surface area (Å²) in [5.74, 6) is 0.173. The summed E-state index contributed by atoms with van der Waals surface area (Å²) in [5, 5.41) is 22.7. The van der Waals surface area contributed by atoms with Crippen LogP contribution in [0.4, 0.5) is 0 Å². The van der Waals surface area contributed by atoms with Gasteiger partial charge in [-0.25, -0.2) is 9.67 Å². The van der Waals surface area contributed by atoms with Gasteiger partial charge in [0.2, 0.25) is 0 Å². The molecule has 2 aliphatic rings. The highest BCUT2D eigenvalue weighted by atomic mass is 32.1. The van der Waals surface area contributed by atoms with E-state index in [1.807, 2.05) is 6.20 Å². The summed E-state index contributed by atoms with van der Waals surface area (Å²) in [7, 11) is 0. The van der Waals surface area contributed by atoms with Gasteiger partial charge in [0.15, 0.2) is 5.54 Å². The Morgan fingerprint density at radius 3 is 2.84 bits per heavy atom. The van der Waals surface area contributed by atoms with Gasteiger partial charge in [0.1, 0.15) is 11.4 Å². The molecule has 1 atom stereocenters. The van der Waals surface area contributed by atoms with Crippen molar-refractivity contribution in [3.8, 4) is 6.07 Å². The Hall–Kier alpha value is -2.27. The van der Waals surface area contributed by atoms with Gasteiger partial charge >= 0.3 is 0 Å². The van der Waals surface area contributed by atoms with Gasteiger partial charge in [0, 0.05) is 5.38 Å². The molecule has 2 aliphatic carbocycles. The second kappa shape index (κ2) is 6.56. The topological polar surface area (TPSA) is 96.5 Å². The van der Waals surface area contributed by atoms with Crippen molar-refractivity contribution in [3.05, 3.63) is 28.5 Å². The third kappa shape index (κ3) is 3.16. The zero-order valence-electron chi connectivity index (χ0n) is 13.9. The molecule has 0 aromatic carbocycles. The monoisotopic (exact) mass is 356 g/mol. The summed E-state index contributed by atoms with van der Waals surface area (Å²) in [4.78, 5) is 16.6. The highest BCUT2D eigenvalue weighted by molar-refractivity contribution is 7.07. The summed E-state index contributed by atoms with van der Waals surface area (Å²) < 4.78 is 1.67. The number of nitrogens with one attached hydrogen (secondary N) is 1. The maximum absolute atomic E-state index is 12.5. The first-order valence-corrected chi connectivity index (χ1v) is 9.69. The van der Waals surface area contributed by atoms with Crippen LogP contribution in [0.15, 0.2) is 17.1 Å². The van der Waals surface area contributed by atoms with Crippen molar-refractivity contribution in [3.63, 3.8) is 0 Å². The van der Waals surface area contributed by atoms with Gasteiger partial charge in [-0.3, -0.25) is 4.79 Å². The molecule has 2 saturated carbocycles. The Morgan fingerprint density at radius 2 is 2.20 bits per heavy atom. The van der Waals surface area contributed by atoms with Gasteiger partial charge in [0.25, 0.3) is 5.91 Å². The van der Waals surface area contributed by atoms with Gasteiger partial charge in [-0.1, -0.05) is 24.5 Å². The molecule has 1 N–H and O–H groups in total. The number of carbonyl (C=O) groups excluding carboxylic acids is 1. The number of nitrogens with zero attached hydrogens (tertiary/aromatic N) is 5. The quantitative estimate of drug-likeness (QED) is 0.888. The van der Waals surface area contributed by atoms with Crippen LogP contribution < -0.4 is 5.32 Å². The van der Waals surface area contributed by atoms with Crippen LogP contribution >= 0.6 is 11.3 Å². The van der Waals surface area contributed by atoms with Crippen molar-refractivity contribution < 1.29 is 4.79 Å². The van der Waals surface area contributed by atoms with E-state index in [4.69, 9.17) is 0 Å². The van der Waals surface area contributed by atoms with Crippen molar-refractivity contribution in [2.45, 2.75) is 56.5 Å². The molecule has 130 valence electrons. The van der Waals surface area contributed by atoms with E-state index in [-0.39, 0.29) is 11.9 Å². The molecule has 0 unspecified atom stereocenters. The molecule has 8 heteroatoms. The lowest BCUT2D eigenvalue weighted by molar-refractivity contribution is 0.0906. The Bertz CT molecular complexity index is 782. The normalized spacial score (nSPS) is 20.6. The Kier molecular flexibility index (Phi) is 4.25. The van der Waals surface area contributed by atoms with E-state index in [0.29, 0.717) is 11.6 Å². The molecule has 2 fully saturated rings. The average Bonchev–Trinajstić information content (AvgIpc) is 3.05. The van der Waals surface area contributed by atoms with E-state index >= 15 is 0 Å². The smallest absolute Gasteiger partial charge is 0.271 e. The lowest BCUT2D eigenvalue weighted by atomic mass is 9.82. The summed E-state index contributed by atoms with van der Waals surface area (Å²) in [6.45, 7) is 0. The zero-order chi connectivity index (χ0) is 17.3. The molecule has 0 bridgehead atoms. The Labute approximate surface area is 150 Å². The van der Waals surface area contributed by atoms with E-state index in [9.17, 15) is 10.1 Å². The second-order valence-corrected chi connectivity index (χ2v) is 7.67. The number of carbonyl (C=O) groups is 1. The van der Waals surface area contributed by atoms with Gasteiger partial charge in [0.05, 0.1) is 23.8 Å². The van der Waals surface area contributed by atoms with E-state index in [2.05, 4.69) is 26.7 Å². The zero-order valence-corrected chi connectivity index (χ0v) is 14.7.